The Labute approximate surface area is 265 Å². The summed E-state index contributed by atoms with van der Waals surface area (Å²) in [5.41, 5.74) is 2.76. The highest BCUT2D eigenvalue weighted by Gasteiger charge is 2.31. The maximum atomic E-state index is 13.8. The van der Waals surface area contributed by atoms with Gasteiger partial charge in [-0.3, -0.25) is 14.4 Å². The average Bonchev–Trinajstić information content (AvgIpc) is 3.22. The number of benzene rings is 1. The van der Waals surface area contributed by atoms with Gasteiger partial charge in [0.1, 0.15) is 12.1 Å². The Balaban J connectivity index is 2.18. The van der Waals surface area contributed by atoms with Gasteiger partial charge >= 0.3 is 5.97 Å². The van der Waals surface area contributed by atoms with Gasteiger partial charge in [0, 0.05) is 12.5 Å². The first kappa shape index (κ1) is 35.2. The van der Waals surface area contributed by atoms with E-state index in [1.165, 1.54) is 27.2 Å². The molecule has 0 saturated heterocycles. The third-order valence-corrected chi connectivity index (χ3v) is 7.78. The van der Waals surface area contributed by atoms with Crippen LogP contribution >= 0.6 is 0 Å². The third kappa shape index (κ3) is 8.46. The molecule has 3 N–H and O–H groups in total. The number of amides is 2. The Hall–Kier alpha value is -4.28. The normalized spacial score (nSPS) is 15.1. The van der Waals surface area contributed by atoms with Crippen molar-refractivity contribution in [3.8, 4) is 28.4 Å². The van der Waals surface area contributed by atoms with Crippen LogP contribution in [0.5, 0.6) is 17.2 Å². The fraction of sp³-hybridized carbons (Fsp3) is 0.529. The van der Waals surface area contributed by atoms with Gasteiger partial charge < -0.3 is 34.9 Å². The first-order chi connectivity index (χ1) is 21.3. The molecule has 0 saturated carbocycles. The van der Waals surface area contributed by atoms with E-state index in [4.69, 9.17) is 18.9 Å². The minimum absolute atomic E-state index is 0.0990. The van der Waals surface area contributed by atoms with Crippen LogP contribution in [0, 0.1) is 11.8 Å². The summed E-state index contributed by atoms with van der Waals surface area (Å²) >= 11 is 0. The lowest BCUT2D eigenvalue weighted by Gasteiger charge is -2.24. The molecule has 1 aliphatic carbocycles. The lowest BCUT2D eigenvalue weighted by atomic mass is 9.95. The molecule has 2 aromatic rings. The number of methoxy groups -OCH3 is 4. The molecule has 0 aromatic heterocycles. The van der Waals surface area contributed by atoms with E-state index in [-0.39, 0.29) is 28.9 Å². The van der Waals surface area contributed by atoms with Crippen molar-refractivity contribution in [1.29, 1.82) is 0 Å². The van der Waals surface area contributed by atoms with Gasteiger partial charge in [0.2, 0.25) is 23.0 Å². The number of hydrogen-bond donors (Lipinski definition) is 3. The minimum atomic E-state index is -0.817. The second kappa shape index (κ2) is 15.6. The summed E-state index contributed by atoms with van der Waals surface area (Å²) in [6.07, 6.45) is 1.91. The zero-order valence-corrected chi connectivity index (χ0v) is 27.8. The molecule has 45 heavy (non-hydrogen) atoms. The van der Waals surface area contributed by atoms with Crippen LogP contribution in [0.1, 0.15) is 71.0 Å². The number of rotatable bonds is 13. The maximum absolute atomic E-state index is 13.8. The van der Waals surface area contributed by atoms with Crippen molar-refractivity contribution in [3.63, 3.8) is 0 Å². The van der Waals surface area contributed by atoms with E-state index in [1.807, 2.05) is 33.8 Å². The first-order valence-corrected chi connectivity index (χ1v) is 15.3. The van der Waals surface area contributed by atoms with Crippen LogP contribution in [0.15, 0.2) is 29.1 Å². The third-order valence-electron chi connectivity index (χ3n) is 7.78. The zero-order chi connectivity index (χ0) is 33.4. The monoisotopic (exact) mass is 625 g/mol. The van der Waals surface area contributed by atoms with Gasteiger partial charge in [-0.05, 0) is 72.4 Å². The molecule has 0 aliphatic heterocycles. The standard InChI is InChI=1S/C34H47N3O8/c1-18(2)14-26(33(40)37-27(15-19(3)4)34(41)45-9)36-25-13-11-22-23(17-28(25)39)24(35-20(5)38)12-10-21-16-29(42-6)31(43-7)32(44-8)30(21)22/h11,13,16-19,24,26-27H,10,12,14-15H2,1-9H3,(H,35,38)(H,36,39)(H,37,40). The van der Waals surface area contributed by atoms with Crippen molar-refractivity contribution >= 4 is 23.5 Å². The van der Waals surface area contributed by atoms with Crippen molar-refractivity contribution in [1.82, 2.24) is 10.6 Å². The number of carbonyl (C=O) groups excluding carboxylic acids is 3. The number of carbonyl (C=O) groups is 3. The van der Waals surface area contributed by atoms with E-state index < -0.39 is 30.0 Å². The van der Waals surface area contributed by atoms with Gasteiger partial charge in [-0.15, -0.1) is 0 Å². The van der Waals surface area contributed by atoms with E-state index in [1.54, 1.807) is 26.4 Å². The summed E-state index contributed by atoms with van der Waals surface area (Å²) in [4.78, 5) is 52.1. The summed E-state index contributed by atoms with van der Waals surface area (Å²) < 4.78 is 22.0. The minimum Gasteiger partial charge on any atom is -0.493 e. The Bertz CT molecular complexity index is 1460. The zero-order valence-electron chi connectivity index (χ0n) is 27.8. The molecule has 1 aliphatic rings. The van der Waals surface area contributed by atoms with Crippen LogP contribution < -0.4 is 35.6 Å². The fourth-order valence-electron chi connectivity index (χ4n) is 5.82. The van der Waals surface area contributed by atoms with Crippen LogP contribution in [0.2, 0.25) is 0 Å². The predicted molar refractivity (Wildman–Crippen MR) is 173 cm³/mol. The lowest BCUT2D eigenvalue weighted by Crippen LogP contribution is -2.49. The molecule has 2 aromatic carbocycles. The molecule has 11 heteroatoms. The summed E-state index contributed by atoms with van der Waals surface area (Å²) in [6, 6.07) is 4.74. The van der Waals surface area contributed by atoms with E-state index in [0.29, 0.717) is 54.1 Å². The van der Waals surface area contributed by atoms with Crippen LogP contribution in [0.25, 0.3) is 11.1 Å². The Morgan fingerprint density at radius 3 is 2.09 bits per heavy atom. The summed E-state index contributed by atoms with van der Waals surface area (Å²) in [7, 11) is 5.91. The largest absolute Gasteiger partial charge is 0.493 e. The number of aryl methyl sites for hydroxylation is 1. The van der Waals surface area contributed by atoms with E-state index >= 15 is 0 Å². The molecular formula is C34H47N3O8. The lowest BCUT2D eigenvalue weighted by molar-refractivity contribution is -0.145. The van der Waals surface area contributed by atoms with E-state index in [2.05, 4.69) is 16.0 Å². The second-order valence-electron chi connectivity index (χ2n) is 12.1. The second-order valence-corrected chi connectivity index (χ2v) is 12.1. The average molecular weight is 626 g/mol. The van der Waals surface area contributed by atoms with Gasteiger partial charge in [0.25, 0.3) is 0 Å². The van der Waals surface area contributed by atoms with Gasteiger partial charge in [0.15, 0.2) is 11.5 Å². The Morgan fingerprint density at radius 1 is 0.889 bits per heavy atom. The molecule has 0 radical (unpaired) electrons. The van der Waals surface area contributed by atoms with Crippen LogP contribution in [-0.2, 0) is 25.5 Å². The van der Waals surface area contributed by atoms with Crippen molar-refractivity contribution in [2.45, 2.75) is 78.4 Å². The highest BCUT2D eigenvalue weighted by Crippen LogP contribution is 2.50. The van der Waals surface area contributed by atoms with Gasteiger partial charge in [-0.1, -0.05) is 33.8 Å². The molecular weight excluding hydrogens is 578 g/mol. The van der Waals surface area contributed by atoms with E-state index in [9.17, 15) is 19.2 Å². The van der Waals surface area contributed by atoms with Crippen molar-refractivity contribution in [2.24, 2.45) is 11.8 Å². The summed E-state index contributed by atoms with van der Waals surface area (Å²) in [5.74, 6) is 0.429. The quantitative estimate of drug-likeness (QED) is 0.276. The number of nitrogens with one attached hydrogen (secondary N) is 3. The molecule has 3 unspecified atom stereocenters. The number of anilines is 1. The molecule has 3 atom stereocenters. The Kier molecular flexibility index (Phi) is 12.2. The van der Waals surface area contributed by atoms with Crippen molar-refractivity contribution < 1.29 is 33.3 Å². The first-order valence-electron chi connectivity index (χ1n) is 15.3. The van der Waals surface area contributed by atoms with Crippen molar-refractivity contribution in [3.05, 3.63) is 45.6 Å². The maximum Gasteiger partial charge on any atom is 0.328 e. The molecule has 0 bridgehead atoms. The van der Waals surface area contributed by atoms with E-state index in [0.717, 1.165) is 11.1 Å². The topological polar surface area (TPSA) is 141 Å². The van der Waals surface area contributed by atoms with Gasteiger partial charge in [0.05, 0.1) is 40.2 Å². The molecule has 0 heterocycles. The molecule has 246 valence electrons. The fourth-order valence-corrected chi connectivity index (χ4v) is 5.82. The number of hydrogen-bond acceptors (Lipinski definition) is 9. The highest BCUT2D eigenvalue weighted by atomic mass is 16.5. The van der Waals surface area contributed by atoms with Gasteiger partial charge in [-0.2, -0.15) is 0 Å². The summed E-state index contributed by atoms with van der Waals surface area (Å²) in [6.45, 7) is 9.30. The number of esters is 1. The molecule has 2 amide bonds. The molecule has 0 spiro atoms. The molecule has 0 fully saturated rings. The smallest absolute Gasteiger partial charge is 0.328 e. The van der Waals surface area contributed by atoms with Gasteiger partial charge in [-0.25, -0.2) is 4.79 Å². The van der Waals surface area contributed by atoms with Crippen LogP contribution in [0.3, 0.4) is 0 Å². The van der Waals surface area contributed by atoms with Crippen LogP contribution in [0.4, 0.5) is 5.69 Å². The molecule has 11 nitrogen and oxygen atoms in total. The predicted octanol–water partition coefficient (Wildman–Crippen LogP) is 4.39. The Morgan fingerprint density at radius 2 is 1.53 bits per heavy atom. The molecule has 3 rings (SSSR count). The highest BCUT2D eigenvalue weighted by molar-refractivity contribution is 5.89. The van der Waals surface area contributed by atoms with Crippen LogP contribution in [-0.4, -0.2) is 58.3 Å². The summed E-state index contributed by atoms with van der Waals surface area (Å²) in [5, 5.41) is 8.99. The van der Waals surface area contributed by atoms with Crippen molar-refractivity contribution in [2.75, 3.05) is 33.8 Å². The SMILES string of the molecule is COC(=O)C(CC(C)C)NC(=O)C(CC(C)C)Nc1ccc2c(cc1=O)C(NC(C)=O)CCc1cc(OC)c(OC)c(OC)c1-2. The number of ether oxygens (including phenoxy) is 4. The number of fused-ring (bicyclic) bond motifs is 3.